The van der Waals surface area contributed by atoms with Gasteiger partial charge >= 0.3 is 18.0 Å². The highest BCUT2D eigenvalue weighted by Crippen LogP contribution is 2.32. The minimum atomic E-state index is -0.947. The average molecular weight is 466 g/mol. The average Bonchev–Trinajstić information content (AvgIpc) is 3.10. The van der Waals surface area contributed by atoms with E-state index in [0.29, 0.717) is 11.3 Å². The van der Waals surface area contributed by atoms with Crippen LogP contribution in [0.5, 0.6) is 5.75 Å². The number of nitrogens with one attached hydrogen (secondary N) is 1. The van der Waals surface area contributed by atoms with Crippen LogP contribution in [0.3, 0.4) is 0 Å². The molecule has 0 aromatic carbocycles. The maximum Gasteiger partial charge on any atom is 0.412 e. The second-order valence-electron chi connectivity index (χ2n) is 8.93. The molecule has 0 unspecified atom stereocenters. The molecule has 32 heavy (non-hydrogen) atoms. The number of hydrogen-bond acceptors (Lipinski definition) is 9. The van der Waals surface area contributed by atoms with Crippen LogP contribution in [-0.2, 0) is 21.3 Å². The number of ether oxygens (including phenoxy) is 3. The first-order valence-electron chi connectivity index (χ1n) is 9.64. The molecule has 0 aliphatic heterocycles. The maximum absolute atomic E-state index is 13.0. The molecule has 11 heteroatoms. The first-order chi connectivity index (χ1) is 14.7. The largest absolute Gasteiger partial charge is 0.464 e. The smallest absolute Gasteiger partial charge is 0.412 e. The zero-order valence-electron chi connectivity index (χ0n) is 19.3. The van der Waals surface area contributed by atoms with Crippen molar-refractivity contribution in [2.24, 2.45) is 12.5 Å². The standard InChI is InChI=1S/C21H27N3O7S/c1-20(2,3)18(27)30-14-13(17(26)29-8)23-15(24(7)16(14)25)11-9-32-10-12(11)22-19(28)31-21(4,5)6/h9-10H,1-8H3,(H,22,28). The highest BCUT2D eigenvalue weighted by atomic mass is 32.1. The fraction of sp³-hybridized carbons (Fsp3) is 0.476. The quantitative estimate of drug-likeness (QED) is 0.679. The van der Waals surface area contributed by atoms with Gasteiger partial charge in [0.1, 0.15) is 11.4 Å². The van der Waals surface area contributed by atoms with E-state index in [1.54, 1.807) is 52.3 Å². The van der Waals surface area contributed by atoms with Crippen LogP contribution in [0.15, 0.2) is 15.6 Å². The van der Waals surface area contributed by atoms with Gasteiger partial charge in [-0.15, -0.1) is 11.3 Å². The first kappa shape index (κ1) is 25.1. The normalized spacial score (nSPS) is 11.6. The van der Waals surface area contributed by atoms with Crippen molar-refractivity contribution in [1.29, 1.82) is 0 Å². The van der Waals surface area contributed by atoms with Gasteiger partial charge in [-0.2, -0.15) is 0 Å². The Kier molecular flexibility index (Phi) is 7.13. The van der Waals surface area contributed by atoms with Crippen molar-refractivity contribution in [3.63, 3.8) is 0 Å². The van der Waals surface area contributed by atoms with Crippen molar-refractivity contribution in [1.82, 2.24) is 9.55 Å². The van der Waals surface area contributed by atoms with E-state index < -0.39 is 46.1 Å². The van der Waals surface area contributed by atoms with Gasteiger partial charge in [-0.1, -0.05) is 0 Å². The molecule has 2 heterocycles. The zero-order chi connectivity index (χ0) is 24.4. The van der Waals surface area contributed by atoms with Crippen LogP contribution in [0, 0.1) is 5.41 Å². The highest BCUT2D eigenvalue weighted by Gasteiger charge is 2.31. The van der Waals surface area contributed by atoms with Crippen LogP contribution in [0.4, 0.5) is 10.5 Å². The number of amides is 1. The monoisotopic (exact) mass is 465 g/mol. The lowest BCUT2D eigenvalue weighted by Crippen LogP contribution is -2.32. The fourth-order valence-corrected chi connectivity index (χ4v) is 3.13. The van der Waals surface area contributed by atoms with Crippen LogP contribution < -0.4 is 15.6 Å². The Morgan fingerprint density at radius 2 is 1.72 bits per heavy atom. The number of esters is 2. The summed E-state index contributed by atoms with van der Waals surface area (Å²) in [5.74, 6) is -2.12. The molecule has 0 fully saturated rings. The van der Waals surface area contributed by atoms with Gasteiger partial charge in [0.2, 0.25) is 5.75 Å². The van der Waals surface area contributed by atoms with Crippen molar-refractivity contribution >= 4 is 35.1 Å². The van der Waals surface area contributed by atoms with Gasteiger partial charge in [0.25, 0.3) is 5.56 Å². The van der Waals surface area contributed by atoms with Crippen LogP contribution in [0.1, 0.15) is 52.0 Å². The van der Waals surface area contributed by atoms with Crippen molar-refractivity contribution in [3.05, 3.63) is 26.8 Å². The summed E-state index contributed by atoms with van der Waals surface area (Å²) in [7, 11) is 2.53. The molecule has 0 bridgehead atoms. The summed E-state index contributed by atoms with van der Waals surface area (Å²) in [6.07, 6.45) is -0.689. The molecular weight excluding hydrogens is 438 g/mol. The molecule has 10 nitrogen and oxygen atoms in total. The van der Waals surface area contributed by atoms with Crippen LogP contribution in [-0.4, -0.2) is 40.3 Å². The fourth-order valence-electron chi connectivity index (χ4n) is 2.38. The van der Waals surface area contributed by atoms with Gasteiger partial charge in [-0.3, -0.25) is 19.5 Å². The Hall–Kier alpha value is -3.21. The van der Waals surface area contributed by atoms with Crippen LogP contribution in [0.2, 0.25) is 0 Å². The van der Waals surface area contributed by atoms with Gasteiger partial charge < -0.3 is 14.2 Å². The molecule has 2 aromatic heterocycles. The molecule has 2 rings (SSSR count). The first-order valence-corrected chi connectivity index (χ1v) is 10.6. The Balaban J connectivity index is 2.59. The number of anilines is 1. The van der Waals surface area contributed by atoms with Gasteiger partial charge in [-0.25, -0.2) is 14.6 Å². The number of rotatable bonds is 4. The number of thiophene rings is 1. The van der Waals surface area contributed by atoms with Crippen molar-refractivity contribution in [2.45, 2.75) is 47.1 Å². The molecule has 1 N–H and O–H groups in total. The molecule has 1 amide bonds. The number of carbonyl (C=O) groups is 3. The van der Waals surface area contributed by atoms with E-state index in [1.807, 2.05) is 0 Å². The Bertz CT molecular complexity index is 1100. The van der Waals surface area contributed by atoms with E-state index in [9.17, 15) is 19.2 Å². The lowest BCUT2D eigenvalue weighted by molar-refractivity contribution is -0.143. The minimum Gasteiger partial charge on any atom is -0.464 e. The molecule has 0 spiro atoms. The predicted molar refractivity (Wildman–Crippen MR) is 119 cm³/mol. The van der Waals surface area contributed by atoms with E-state index >= 15 is 0 Å². The molecule has 0 saturated heterocycles. The number of carbonyl (C=O) groups excluding carboxylic acids is 3. The van der Waals surface area contributed by atoms with Crippen molar-refractivity contribution in [3.8, 4) is 17.1 Å². The van der Waals surface area contributed by atoms with Crippen molar-refractivity contribution in [2.75, 3.05) is 12.4 Å². The molecule has 0 aliphatic rings. The Labute approximate surface area is 189 Å². The SMILES string of the molecule is COC(=O)c1nc(-c2cscc2NC(=O)OC(C)(C)C)n(C)c(=O)c1OC(=O)C(C)(C)C. The van der Waals surface area contributed by atoms with E-state index in [1.165, 1.54) is 18.4 Å². The molecule has 174 valence electrons. The number of hydrogen-bond donors (Lipinski definition) is 1. The number of aromatic nitrogens is 2. The summed E-state index contributed by atoms with van der Waals surface area (Å²) >= 11 is 1.25. The van der Waals surface area contributed by atoms with Gasteiger partial charge in [0, 0.05) is 17.8 Å². The summed E-state index contributed by atoms with van der Waals surface area (Å²) in [4.78, 5) is 54.2. The van der Waals surface area contributed by atoms with Gasteiger partial charge in [0.15, 0.2) is 5.69 Å². The van der Waals surface area contributed by atoms with E-state index in [2.05, 4.69) is 10.3 Å². The molecule has 0 saturated carbocycles. The third-order valence-electron chi connectivity index (χ3n) is 3.97. The Morgan fingerprint density at radius 3 is 2.25 bits per heavy atom. The second kappa shape index (κ2) is 9.11. The van der Waals surface area contributed by atoms with E-state index in [0.717, 1.165) is 11.7 Å². The summed E-state index contributed by atoms with van der Waals surface area (Å²) in [6, 6.07) is 0. The molecule has 0 radical (unpaired) electrons. The third-order valence-corrected chi connectivity index (χ3v) is 4.72. The zero-order valence-corrected chi connectivity index (χ0v) is 20.1. The minimum absolute atomic E-state index is 0.0678. The van der Waals surface area contributed by atoms with E-state index in [4.69, 9.17) is 14.2 Å². The number of nitrogens with zero attached hydrogens (tertiary/aromatic N) is 2. The highest BCUT2D eigenvalue weighted by molar-refractivity contribution is 7.08. The third kappa shape index (κ3) is 5.72. The van der Waals surface area contributed by atoms with E-state index in [-0.39, 0.29) is 5.82 Å². The molecule has 2 aromatic rings. The Morgan fingerprint density at radius 1 is 1.09 bits per heavy atom. The summed E-state index contributed by atoms with van der Waals surface area (Å²) < 4.78 is 16.4. The summed E-state index contributed by atoms with van der Waals surface area (Å²) in [5.41, 5.74) is -2.13. The topological polar surface area (TPSA) is 126 Å². The summed E-state index contributed by atoms with van der Waals surface area (Å²) in [6.45, 7) is 10.0. The predicted octanol–water partition coefficient (Wildman–Crippen LogP) is 3.59. The molecular formula is C21H27N3O7S. The van der Waals surface area contributed by atoms with Crippen LogP contribution >= 0.6 is 11.3 Å². The lowest BCUT2D eigenvalue weighted by Gasteiger charge is -2.20. The van der Waals surface area contributed by atoms with Crippen LogP contribution in [0.25, 0.3) is 11.4 Å². The summed E-state index contributed by atoms with van der Waals surface area (Å²) in [5, 5.41) is 5.90. The number of methoxy groups -OCH3 is 1. The second-order valence-corrected chi connectivity index (χ2v) is 9.68. The van der Waals surface area contributed by atoms with Gasteiger partial charge in [0.05, 0.1) is 23.8 Å². The maximum atomic E-state index is 13.0. The lowest BCUT2D eigenvalue weighted by atomic mass is 9.97. The van der Waals surface area contributed by atoms with Crippen molar-refractivity contribution < 1.29 is 28.6 Å². The molecule has 0 atom stereocenters. The molecule has 0 aliphatic carbocycles. The van der Waals surface area contributed by atoms with Gasteiger partial charge in [-0.05, 0) is 41.5 Å².